The molecule has 0 spiro atoms. The molecule has 3 rings (SSSR count). The number of aromatic nitrogens is 4. The standard InChI is InChI=1S/C19H23N5O/c25-18(11-5-4-9-16-7-2-1-3-8-16)20-12-6-10-17-13-21-19-22-15-23-24(19)14-17/h1-3,7-8,13-15H,4-6,9-12H2,(H,20,25). The molecule has 0 fully saturated rings. The second kappa shape index (κ2) is 8.92. The zero-order valence-corrected chi connectivity index (χ0v) is 14.3. The molecule has 0 saturated carbocycles. The van der Waals surface area contributed by atoms with Crippen LogP contribution >= 0.6 is 0 Å². The van der Waals surface area contributed by atoms with E-state index < -0.39 is 0 Å². The molecule has 2 aromatic heterocycles. The second-order valence-electron chi connectivity index (χ2n) is 6.11. The fourth-order valence-corrected chi connectivity index (χ4v) is 2.76. The molecule has 0 saturated heterocycles. The minimum atomic E-state index is 0.137. The van der Waals surface area contributed by atoms with Crippen LogP contribution in [0, 0.1) is 0 Å². The SMILES string of the molecule is O=C(CCCCc1ccccc1)NCCCc1cnc2ncnn2c1. The quantitative estimate of drug-likeness (QED) is 0.609. The van der Waals surface area contributed by atoms with Crippen LogP contribution in [0.5, 0.6) is 0 Å². The number of hydrogen-bond donors (Lipinski definition) is 1. The molecule has 0 unspecified atom stereocenters. The molecule has 130 valence electrons. The maximum absolute atomic E-state index is 11.9. The smallest absolute Gasteiger partial charge is 0.252 e. The summed E-state index contributed by atoms with van der Waals surface area (Å²) in [6, 6.07) is 10.4. The number of unbranched alkanes of at least 4 members (excludes halogenated alkanes) is 1. The van der Waals surface area contributed by atoms with Crippen molar-refractivity contribution in [3.8, 4) is 0 Å². The summed E-state index contributed by atoms with van der Waals surface area (Å²) in [5.74, 6) is 0.741. The number of carbonyl (C=O) groups excluding carboxylic acids is 1. The average Bonchev–Trinajstić information content (AvgIpc) is 3.11. The maximum atomic E-state index is 11.9. The molecule has 1 N–H and O–H groups in total. The van der Waals surface area contributed by atoms with Gasteiger partial charge in [0.1, 0.15) is 6.33 Å². The Morgan fingerprint density at radius 3 is 2.72 bits per heavy atom. The first-order chi connectivity index (χ1) is 12.3. The Kier molecular flexibility index (Phi) is 6.09. The van der Waals surface area contributed by atoms with Gasteiger partial charge in [-0.25, -0.2) is 9.50 Å². The first-order valence-electron chi connectivity index (χ1n) is 8.76. The van der Waals surface area contributed by atoms with Gasteiger partial charge in [0.05, 0.1) is 0 Å². The summed E-state index contributed by atoms with van der Waals surface area (Å²) < 4.78 is 1.67. The van der Waals surface area contributed by atoms with Crippen molar-refractivity contribution in [1.82, 2.24) is 24.9 Å². The summed E-state index contributed by atoms with van der Waals surface area (Å²) in [5.41, 5.74) is 2.43. The van der Waals surface area contributed by atoms with Crippen molar-refractivity contribution in [2.75, 3.05) is 6.54 Å². The van der Waals surface area contributed by atoms with Gasteiger partial charge >= 0.3 is 0 Å². The summed E-state index contributed by atoms with van der Waals surface area (Å²) in [5, 5.41) is 7.06. The number of amides is 1. The first-order valence-corrected chi connectivity index (χ1v) is 8.76. The fourth-order valence-electron chi connectivity index (χ4n) is 2.76. The second-order valence-corrected chi connectivity index (χ2v) is 6.11. The highest BCUT2D eigenvalue weighted by molar-refractivity contribution is 5.75. The van der Waals surface area contributed by atoms with Crippen LogP contribution in [0.2, 0.25) is 0 Å². The highest BCUT2D eigenvalue weighted by atomic mass is 16.1. The van der Waals surface area contributed by atoms with Gasteiger partial charge in [-0.1, -0.05) is 30.3 Å². The van der Waals surface area contributed by atoms with E-state index in [1.54, 1.807) is 4.52 Å². The van der Waals surface area contributed by atoms with Gasteiger partial charge in [0, 0.05) is 25.4 Å². The zero-order chi connectivity index (χ0) is 17.3. The highest BCUT2D eigenvalue weighted by Gasteiger charge is 2.03. The molecule has 25 heavy (non-hydrogen) atoms. The van der Waals surface area contributed by atoms with Gasteiger partial charge in [0.15, 0.2) is 0 Å². The molecular formula is C19H23N5O. The maximum Gasteiger partial charge on any atom is 0.252 e. The van der Waals surface area contributed by atoms with E-state index in [4.69, 9.17) is 0 Å². The number of benzene rings is 1. The summed E-state index contributed by atoms with van der Waals surface area (Å²) in [7, 11) is 0. The van der Waals surface area contributed by atoms with Gasteiger partial charge < -0.3 is 5.32 Å². The Morgan fingerprint density at radius 1 is 1.00 bits per heavy atom. The highest BCUT2D eigenvalue weighted by Crippen LogP contribution is 2.06. The van der Waals surface area contributed by atoms with Gasteiger partial charge in [-0.2, -0.15) is 10.1 Å². The third-order valence-electron chi connectivity index (χ3n) is 4.11. The number of hydrogen-bond acceptors (Lipinski definition) is 4. The van der Waals surface area contributed by atoms with Crippen molar-refractivity contribution >= 4 is 11.7 Å². The number of rotatable bonds is 9. The number of nitrogens with zero attached hydrogens (tertiary/aromatic N) is 4. The number of carbonyl (C=O) groups is 1. The van der Waals surface area contributed by atoms with E-state index in [-0.39, 0.29) is 5.91 Å². The van der Waals surface area contributed by atoms with Crippen LogP contribution in [0.25, 0.3) is 5.78 Å². The number of fused-ring (bicyclic) bond motifs is 1. The van der Waals surface area contributed by atoms with E-state index in [2.05, 4.69) is 44.6 Å². The molecule has 6 nitrogen and oxygen atoms in total. The van der Waals surface area contributed by atoms with Crippen molar-refractivity contribution in [2.45, 2.75) is 38.5 Å². The molecule has 0 bridgehead atoms. The lowest BCUT2D eigenvalue weighted by atomic mass is 10.1. The molecule has 6 heteroatoms. The van der Waals surface area contributed by atoms with Crippen LogP contribution < -0.4 is 5.32 Å². The molecule has 2 heterocycles. The third-order valence-corrected chi connectivity index (χ3v) is 4.11. The molecule has 0 radical (unpaired) electrons. The van der Waals surface area contributed by atoms with Crippen molar-refractivity contribution in [1.29, 1.82) is 0 Å². The summed E-state index contributed by atoms with van der Waals surface area (Å²) >= 11 is 0. The van der Waals surface area contributed by atoms with Crippen LogP contribution in [-0.4, -0.2) is 32.0 Å². The van der Waals surface area contributed by atoms with E-state index >= 15 is 0 Å². The normalized spacial score (nSPS) is 10.9. The van der Waals surface area contributed by atoms with Gasteiger partial charge in [-0.3, -0.25) is 4.79 Å². The monoisotopic (exact) mass is 337 g/mol. The first kappa shape index (κ1) is 17.1. The molecule has 0 atom stereocenters. The zero-order valence-electron chi connectivity index (χ0n) is 14.3. The van der Waals surface area contributed by atoms with Crippen molar-refractivity contribution in [3.63, 3.8) is 0 Å². The largest absolute Gasteiger partial charge is 0.356 e. The van der Waals surface area contributed by atoms with Gasteiger partial charge in [0.25, 0.3) is 5.78 Å². The van der Waals surface area contributed by atoms with Crippen LogP contribution in [0.15, 0.2) is 49.1 Å². The van der Waals surface area contributed by atoms with E-state index in [1.165, 1.54) is 11.9 Å². The Balaban J connectivity index is 1.27. The number of aryl methyl sites for hydroxylation is 2. The number of nitrogens with one attached hydrogen (secondary N) is 1. The molecular weight excluding hydrogens is 314 g/mol. The van der Waals surface area contributed by atoms with Crippen molar-refractivity contribution < 1.29 is 4.79 Å². The van der Waals surface area contributed by atoms with Gasteiger partial charge in [-0.15, -0.1) is 0 Å². The summed E-state index contributed by atoms with van der Waals surface area (Å²) in [6.07, 6.45) is 10.6. The van der Waals surface area contributed by atoms with Crippen molar-refractivity contribution in [2.24, 2.45) is 0 Å². The Morgan fingerprint density at radius 2 is 1.84 bits per heavy atom. The lowest BCUT2D eigenvalue weighted by Crippen LogP contribution is -2.24. The Hall–Kier alpha value is -2.76. The molecule has 0 aliphatic heterocycles. The van der Waals surface area contributed by atoms with Crippen molar-refractivity contribution in [3.05, 3.63) is 60.2 Å². The van der Waals surface area contributed by atoms with Crippen LogP contribution in [0.1, 0.15) is 36.8 Å². The van der Waals surface area contributed by atoms with E-state index in [0.717, 1.165) is 37.7 Å². The predicted molar refractivity (Wildman–Crippen MR) is 96.1 cm³/mol. The fraction of sp³-hybridized carbons (Fsp3) is 0.368. The van der Waals surface area contributed by atoms with E-state index in [0.29, 0.717) is 18.7 Å². The van der Waals surface area contributed by atoms with E-state index in [1.807, 2.05) is 18.5 Å². The predicted octanol–water partition coefficient (Wildman–Crippen LogP) is 2.59. The molecule has 0 aliphatic carbocycles. The van der Waals surface area contributed by atoms with Gasteiger partial charge in [0.2, 0.25) is 5.91 Å². The summed E-state index contributed by atoms with van der Waals surface area (Å²) in [6.45, 7) is 0.687. The molecule has 1 aromatic carbocycles. The van der Waals surface area contributed by atoms with Gasteiger partial charge in [-0.05, 0) is 43.2 Å². The minimum Gasteiger partial charge on any atom is -0.356 e. The van der Waals surface area contributed by atoms with Crippen LogP contribution in [0.3, 0.4) is 0 Å². The van der Waals surface area contributed by atoms with E-state index in [9.17, 15) is 4.79 Å². The minimum absolute atomic E-state index is 0.137. The lowest BCUT2D eigenvalue weighted by Gasteiger charge is -2.06. The topological polar surface area (TPSA) is 72.2 Å². The molecule has 1 amide bonds. The molecule has 3 aromatic rings. The molecule has 0 aliphatic rings. The third kappa shape index (κ3) is 5.38. The lowest BCUT2D eigenvalue weighted by molar-refractivity contribution is -0.121. The van der Waals surface area contributed by atoms with Crippen LogP contribution in [-0.2, 0) is 17.6 Å². The Bertz CT molecular complexity index is 800. The Labute approximate surface area is 147 Å². The van der Waals surface area contributed by atoms with Crippen LogP contribution in [0.4, 0.5) is 0 Å². The average molecular weight is 337 g/mol. The summed E-state index contributed by atoms with van der Waals surface area (Å²) in [4.78, 5) is 20.1.